The maximum atomic E-state index is 6.44. The van der Waals surface area contributed by atoms with E-state index in [1.54, 1.807) is 11.6 Å². The number of fused-ring (bicyclic) bond motifs is 1. The number of hydrogen-bond acceptors (Lipinski definition) is 5. The minimum Gasteiger partial charge on any atom is -0.377 e. The van der Waals surface area contributed by atoms with E-state index in [1.165, 1.54) is 11.3 Å². The Morgan fingerprint density at radius 3 is 2.84 bits per heavy atom. The zero-order chi connectivity index (χ0) is 13.2. The normalized spacial score (nSPS) is 12.9. The Hall–Kier alpha value is -1.50. The van der Waals surface area contributed by atoms with Gasteiger partial charge in [0.15, 0.2) is 5.82 Å². The molecule has 1 atom stereocenters. The predicted molar refractivity (Wildman–Crippen MR) is 73.5 cm³/mol. The molecule has 3 aromatic rings. The minimum atomic E-state index is -0.275. The Kier molecular flexibility index (Phi) is 3.46. The van der Waals surface area contributed by atoms with Crippen molar-refractivity contribution >= 4 is 27.9 Å². The van der Waals surface area contributed by atoms with Gasteiger partial charge in [-0.15, -0.1) is 21.8 Å². The third-order valence-electron chi connectivity index (χ3n) is 2.65. The fourth-order valence-electron chi connectivity index (χ4n) is 1.76. The van der Waals surface area contributed by atoms with Crippen molar-refractivity contribution in [2.24, 2.45) is 0 Å². The van der Waals surface area contributed by atoms with Gasteiger partial charge in [0.05, 0.1) is 0 Å². The number of benzene rings is 1. The van der Waals surface area contributed by atoms with Gasteiger partial charge in [-0.2, -0.15) is 9.61 Å². The molecule has 0 aliphatic rings. The first-order valence-electron chi connectivity index (χ1n) is 5.68. The minimum absolute atomic E-state index is 0.275. The Labute approximate surface area is 118 Å². The monoisotopic (exact) mass is 294 g/mol. The third-order valence-corrected chi connectivity index (χ3v) is 4.21. The Morgan fingerprint density at radius 1 is 1.32 bits per heavy atom. The van der Waals surface area contributed by atoms with Crippen molar-refractivity contribution in [2.75, 3.05) is 7.11 Å². The summed E-state index contributed by atoms with van der Waals surface area (Å²) in [4.78, 5) is 0.726. The van der Waals surface area contributed by atoms with Crippen molar-refractivity contribution in [3.63, 3.8) is 0 Å². The van der Waals surface area contributed by atoms with Crippen molar-refractivity contribution in [3.8, 4) is 0 Å². The van der Waals surface area contributed by atoms with Gasteiger partial charge in [0.1, 0.15) is 17.0 Å². The fourth-order valence-corrected chi connectivity index (χ4v) is 2.94. The average molecular weight is 295 g/mol. The van der Waals surface area contributed by atoms with E-state index >= 15 is 0 Å². The van der Waals surface area contributed by atoms with E-state index in [9.17, 15) is 0 Å². The number of aromatic nitrogens is 4. The molecule has 0 N–H and O–H groups in total. The first kappa shape index (κ1) is 12.5. The fraction of sp³-hybridized carbons (Fsp3) is 0.250. The molecule has 2 aromatic heterocycles. The largest absolute Gasteiger partial charge is 0.377 e. The van der Waals surface area contributed by atoms with Crippen molar-refractivity contribution in [2.45, 2.75) is 12.0 Å². The molecule has 5 nitrogen and oxygen atoms in total. The molecule has 0 bridgehead atoms. The summed E-state index contributed by atoms with van der Waals surface area (Å²) >= 11 is 7.88. The van der Waals surface area contributed by atoms with Gasteiger partial charge in [-0.1, -0.05) is 41.7 Å². The average Bonchev–Trinajstić information content (AvgIpc) is 3.01. The molecule has 0 aliphatic heterocycles. The van der Waals surface area contributed by atoms with Crippen molar-refractivity contribution < 1.29 is 4.74 Å². The van der Waals surface area contributed by atoms with Gasteiger partial charge < -0.3 is 4.74 Å². The van der Waals surface area contributed by atoms with Crippen molar-refractivity contribution in [3.05, 3.63) is 46.7 Å². The number of alkyl halides is 1. The van der Waals surface area contributed by atoms with Gasteiger partial charge in [-0.25, -0.2) is 0 Å². The highest BCUT2D eigenvalue weighted by Gasteiger charge is 2.18. The predicted octanol–water partition coefficient (Wildman–Crippen LogP) is 2.66. The van der Waals surface area contributed by atoms with Gasteiger partial charge >= 0.3 is 0 Å². The van der Waals surface area contributed by atoms with E-state index in [-0.39, 0.29) is 5.38 Å². The molecule has 98 valence electrons. The lowest BCUT2D eigenvalue weighted by molar-refractivity contribution is 0.176. The van der Waals surface area contributed by atoms with E-state index in [0.717, 1.165) is 15.5 Å². The van der Waals surface area contributed by atoms with Gasteiger partial charge in [0, 0.05) is 7.11 Å². The maximum absolute atomic E-state index is 6.44. The summed E-state index contributed by atoms with van der Waals surface area (Å²) < 4.78 is 6.74. The topological polar surface area (TPSA) is 52.3 Å². The standard InChI is InChI=1S/C12H11ClN4OS/c1-18-7-9-14-15-12-17(9)16-11(19-12)10(13)8-5-3-2-4-6-8/h2-6,10H,7H2,1H3. The molecule has 1 unspecified atom stereocenters. The number of ether oxygens (including phenoxy) is 1. The molecule has 2 heterocycles. The molecule has 0 saturated carbocycles. The van der Waals surface area contributed by atoms with E-state index < -0.39 is 0 Å². The van der Waals surface area contributed by atoms with Gasteiger partial charge in [-0.3, -0.25) is 0 Å². The number of methoxy groups -OCH3 is 1. The van der Waals surface area contributed by atoms with Crippen LogP contribution in [0.1, 0.15) is 21.8 Å². The van der Waals surface area contributed by atoms with Crippen LogP contribution in [0.2, 0.25) is 0 Å². The summed E-state index contributed by atoms with van der Waals surface area (Å²) in [6, 6.07) is 9.84. The smallest absolute Gasteiger partial charge is 0.234 e. The molecular formula is C12H11ClN4OS. The van der Waals surface area contributed by atoms with Crippen molar-refractivity contribution in [1.82, 2.24) is 19.8 Å². The lowest BCUT2D eigenvalue weighted by Crippen LogP contribution is -1.99. The summed E-state index contributed by atoms with van der Waals surface area (Å²) in [5, 5.41) is 13.1. The first-order valence-corrected chi connectivity index (χ1v) is 6.94. The van der Waals surface area contributed by atoms with Crippen LogP contribution in [0.5, 0.6) is 0 Å². The first-order chi connectivity index (χ1) is 9.29. The van der Waals surface area contributed by atoms with Gasteiger partial charge in [0.25, 0.3) is 0 Å². The van der Waals surface area contributed by atoms with Crippen LogP contribution >= 0.6 is 22.9 Å². The van der Waals surface area contributed by atoms with Gasteiger partial charge in [-0.05, 0) is 5.56 Å². The third kappa shape index (κ3) is 2.34. The van der Waals surface area contributed by atoms with E-state index in [1.807, 2.05) is 30.3 Å². The van der Waals surface area contributed by atoms with Crippen LogP contribution in [0.25, 0.3) is 4.96 Å². The Bertz CT molecular complexity index is 681. The number of rotatable bonds is 4. The molecule has 0 radical (unpaired) electrons. The second-order valence-corrected chi connectivity index (χ2v) is 5.38. The maximum Gasteiger partial charge on any atom is 0.234 e. The molecule has 1 aromatic carbocycles. The summed E-state index contributed by atoms with van der Waals surface area (Å²) in [6.07, 6.45) is 0. The van der Waals surface area contributed by atoms with Crippen LogP contribution in [0, 0.1) is 0 Å². The highest BCUT2D eigenvalue weighted by molar-refractivity contribution is 7.17. The highest BCUT2D eigenvalue weighted by Crippen LogP contribution is 2.31. The quantitative estimate of drug-likeness (QED) is 0.694. The van der Waals surface area contributed by atoms with Crippen molar-refractivity contribution in [1.29, 1.82) is 0 Å². The molecule has 0 amide bonds. The number of halogens is 1. The van der Waals surface area contributed by atoms with Crippen LogP contribution < -0.4 is 0 Å². The molecule has 0 aliphatic carbocycles. The lowest BCUT2D eigenvalue weighted by Gasteiger charge is -2.04. The summed E-state index contributed by atoms with van der Waals surface area (Å²) in [5.41, 5.74) is 1.02. The number of hydrogen-bond donors (Lipinski definition) is 0. The molecule has 0 spiro atoms. The summed E-state index contributed by atoms with van der Waals surface area (Å²) in [5.74, 6) is 0.678. The molecular weight excluding hydrogens is 284 g/mol. The zero-order valence-corrected chi connectivity index (χ0v) is 11.7. The number of nitrogens with zero attached hydrogens (tertiary/aromatic N) is 4. The molecule has 0 fully saturated rings. The zero-order valence-electron chi connectivity index (χ0n) is 10.2. The van der Waals surface area contributed by atoms with Crippen LogP contribution in [0.4, 0.5) is 0 Å². The lowest BCUT2D eigenvalue weighted by atomic mass is 10.1. The van der Waals surface area contributed by atoms with E-state index in [4.69, 9.17) is 16.3 Å². The van der Waals surface area contributed by atoms with Crippen LogP contribution in [-0.4, -0.2) is 26.9 Å². The SMILES string of the molecule is COCc1nnc2sc(C(Cl)c3ccccc3)nn12. The van der Waals surface area contributed by atoms with E-state index in [0.29, 0.717) is 12.4 Å². The Morgan fingerprint density at radius 2 is 2.11 bits per heavy atom. The van der Waals surface area contributed by atoms with Crippen LogP contribution in [-0.2, 0) is 11.3 Å². The van der Waals surface area contributed by atoms with Crippen LogP contribution in [0.15, 0.2) is 30.3 Å². The second-order valence-electron chi connectivity index (χ2n) is 3.96. The summed E-state index contributed by atoms with van der Waals surface area (Å²) in [6.45, 7) is 0.378. The molecule has 0 saturated heterocycles. The van der Waals surface area contributed by atoms with E-state index in [2.05, 4.69) is 15.3 Å². The van der Waals surface area contributed by atoms with Crippen LogP contribution in [0.3, 0.4) is 0 Å². The molecule has 7 heteroatoms. The molecule has 19 heavy (non-hydrogen) atoms. The van der Waals surface area contributed by atoms with Gasteiger partial charge in [0.2, 0.25) is 4.96 Å². The second kappa shape index (κ2) is 5.24. The molecule has 3 rings (SSSR count). The summed E-state index contributed by atoms with van der Waals surface area (Å²) in [7, 11) is 1.61. The Balaban J connectivity index is 1.97. The highest BCUT2D eigenvalue weighted by atomic mass is 35.5.